The normalized spacial score (nSPS) is 27.8. The summed E-state index contributed by atoms with van der Waals surface area (Å²) >= 11 is 0. The van der Waals surface area contributed by atoms with E-state index in [1.54, 1.807) is 0 Å². The van der Waals surface area contributed by atoms with Crippen molar-refractivity contribution < 1.29 is 10.2 Å². The highest BCUT2D eigenvalue weighted by Gasteiger charge is 2.24. The van der Waals surface area contributed by atoms with E-state index >= 15 is 0 Å². The number of rotatable bonds is 4. The minimum atomic E-state index is 0.245. The number of hydrogen-bond donors (Lipinski definition) is 2. The van der Waals surface area contributed by atoms with Gasteiger partial charge in [0.2, 0.25) is 0 Å². The van der Waals surface area contributed by atoms with Crippen LogP contribution in [0.3, 0.4) is 0 Å². The molecule has 1 aliphatic heterocycles. The van der Waals surface area contributed by atoms with Crippen LogP contribution in [-0.4, -0.2) is 47.5 Å². The molecule has 0 aromatic heterocycles. The van der Waals surface area contributed by atoms with Gasteiger partial charge in [-0.1, -0.05) is 6.92 Å². The van der Waals surface area contributed by atoms with Gasteiger partial charge in [-0.15, -0.1) is 0 Å². The highest BCUT2D eigenvalue weighted by Crippen LogP contribution is 2.17. The summed E-state index contributed by atoms with van der Waals surface area (Å²) < 4.78 is 0. The lowest BCUT2D eigenvalue weighted by atomic mass is 10.1. The molecule has 3 nitrogen and oxygen atoms in total. The summed E-state index contributed by atoms with van der Waals surface area (Å²) in [7, 11) is 0. The van der Waals surface area contributed by atoms with Gasteiger partial charge in [0.25, 0.3) is 0 Å². The zero-order chi connectivity index (χ0) is 8.97. The molecule has 0 aromatic carbocycles. The van der Waals surface area contributed by atoms with Crippen molar-refractivity contribution in [3.05, 3.63) is 0 Å². The number of aliphatic hydroxyl groups is 2. The van der Waals surface area contributed by atoms with Crippen molar-refractivity contribution in [1.29, 1.82) is 0 Å². The lowest BCUT2D eigenvalue weighted by Gasteiger charge is -2.24. The first kappa shape index (κ1) is 9.96. The standard InChI is InChI=1S/C9H19NO2/c1-8(6-11)5-10-4-2-3-9(10)7-12/h8-9,11-12H,2-7H2,1H3/t8?,9-/m0/s1. The summed E-state index contributed by atoms with van der Waals surface area (Å²) in [5.74, 6) is 0.331. The first-order chi connectivity index (χ1) is 5.77. The van der Waals surface area contributed by atoms with Gasteiger partial charge in [0.15, 0.2) is 0 Å². The van der Waals surface area contributed by atoms with Gasteiger partial charge in [0.05, 0.1) is 6.61 Å². The molecule has 1 unspecified atom stereocenters. The molecule has 0 aliphatic carbocycles. The molecule has 1 rings (SSSR count). The zero-order valence-electron chi connectivity index (χ0n) is 7.74. The molecule has 12 heavy (non-hydrogen) atoms. The third kappa shape index (κ3) is 2.44. The molecule has 0 saturated carbocycles. The maximum Gasteiger partial charge on any atom is 0.0586 e. The number of hydrogen-bond acceptors (Lipinski definition) is 3. The van der Waals surface area contributed by atoms with Crippen LogP contribution in [-0.2, 0) is 0 Å². The zero-order valence-corrected chi connectivity index (χ0v) is 7.74. The molecular formula is C9H19NO2. The Kier molecular flexibility index (Phi) is 3.98. The number of likely N-dealkylation sites (tertiary alicyclic amines) is 1. The summed E-state index contributed by atoms with van der Waals surface area (Å²) in [6.45, 7) is 4.54. The molecule has 0 amide bonds. The van der Waals surface area contributed by atoms with Gasteiger partial charge in [0, 0.05) is 19.2 Å². The Bertz CT molecular complexity index is 130. The Morgan fingerprint density at radius 1 is 1.50 bits per heavy atom. The summed E-state index contributed by atoms with van der Waals surface area (Å²) in [6.07, 6.45) is 2.29. The van der Waals surface area contributed by atoms with Gasteiger partial charge in [-0.25, -0.2) is 0 Å². The van der Waals surface area contributed by atoms with Gasteiger partial charge < -0.3 is 10.2 Å². The summed E-state index contributed by atoms with van der Waals surface area (Å²) in [4.78, 5) is 2.28. The van der Waals surface area contributed by atoms with Crippen molar-refractivity contribution in [3.63, 3.8) is 0 Å². The molecule has 3 heteroatoms. The van der Waals surface area contributed by atoms with Crippen LogP contribution in [0, 0.1) is 5.92 Å². The fraction of sp³-hybridized carbons (Fsp3) is 1.00. The van der Waals surface area contributed by atoms with E-state index in [1.807, 2.05) is 6.92 Å². The molecular weight excluding hydrogens is 154 g/mol. The fourth-order valence-electron chi connectivity index (χ4n) is 1.80. The smallest absolute Gasteiger partial charge is 0.0586 e. The van der Waals surface area contributed by atoms with Gasteiger partial charge >= 0.3 is 0 Å². The van der Waals surface area contributed by atoms with Crippen molar-refractivity contribution in [2.24, 2.45) is 5.92 Å². The Balaban J connectivity index is 2.30. The average molecular weight is 173 g/mol. The van der Waals surface area contributed by atoms with Gasteiger partial charge in [-0.3, -0.25) is 4.90 Å². The largest absolute Gasteiger partial charge is 0.396 e. The van der Waals surface area contributed by atoms with E-state index < -0.39 is 0 Å². The Morgan fingerprint density at radius 2 is 2.25 bits per heavy atom. The first-order valence-electron chi connectivity index (χ1n) is 4.73. The van der Waals surface area contributed by atoms with Crippen molar-refractivity contribution in [1.82, 2.24) is 4.90 Å². The maximum atomic E-state index is 9.02. The third-order valence-corrected chi connectivity index (χ3v) is 2.57. The fourth-order valence-corrected chi connectivity index (χ4v) is 1.80. The lowest BCUT2D eigenvalue weighted by Crippen LogP contribution is -2.36. The molecule has 1 heterocycles. The summed E-state index contributed by atoms with van der Waals surface area (Å²) in [6, 6.07) is 0.346. The monoisotopic (exact) mass is 173 g/mol. The molecule has 2 atom stereocenters. The van der Waals surface area contributed by atoms with Crippen molar-refractivity contribution >= 4 is 0 Å². The predicted molar refractivity (Wildman–Crippen MR) is 47.9 cm³/mol. The van der Waals surface area contributed by atoms with Crippen molar-refractivity contribution in [2.45, 2.75) is 25.8 Å². The average Bonchev–Trinajstić information content (AvgIpc) is 2.51. The van der Waals surface area contributed by atoms with E-state index in [9.17, 15) is 0 Å². The summed E-state index contributed by atoms with van der Waals surface area (Å²) in [5.41, 5.74) is 0. The minimum absolute atomic E-state index is 0.245. The molecule has 1 saturated heterocycles. The van der Waals surface area contributed by atoms with Crippen molar-refractivity contribution in [3.8, 4) is 0 Å². The van der Waals surface area contributed by atoms with Gasteiger partial charge in [-0.05, 0) is 25.3 Å². The second-order valence-corrected chi connectivity index (χ2v) is 3.76. The van der Waals surface area contributed by atoms with Gasteiger partial charge in [0.1, 0.15) is 0 Å². The Hall–Kier alpha value is -0.120. The molecule has 72 valence electrons. The second kappa shape index (κ2) is 4.80. The SMILES string of the molecule is CC(CO)CN1CCC[C@H]1CO. The van der Waals surface area contributed by atoms with E-state index in [0.29, 0.717) is 12.0 Å². The van der Waals surface area contributed by atoms with Crippen molar-refractivity contribution in [2.75, 3.05) is 26.3 Å². The Labute approximate surface area is 74.0 Å². The maximum absolute atomic E-state index is 9.02. The molecule has 0 radical (unpaired) electrons. The lowest BCUT2D eigenvalue weighted by molar-refractivity contribution is 0.124. The van der Waals surface area contributed by atoms with E-state index in [4.69, 9.17) is 10.2 Å². The molecule has 1 aliphatic rings. The topological polar surface area (TPSA) is 43.7 Å². The third-order valence-electron chi connectivity index (χ3n) is 2.57. The van der Waals surface area contributed by atoms with Crippen LogP contribution in [0.15, 0.2) is 0 Å². The van der Waals surface area contributed by atoms with E-state index in [2.05, 4.69) is 4.90 Å². The first-order valence-corrected chi connectivity index (χ1v) is 4.73. The number of aliphatic hydroxyl groups excluding tert-OH is 2. The Morgan fingerprint density at radius 3 is 2.83 bits per heavy atom. The highest BCUT2D eigenvalue weighted by molar-refractivity contribution is 4.79. The minimum Gasteiger partial charge on any atom is -0.396 e. The van der Waals surface area contributed by atoms with Crippen LogP contribution in [0.25, 0.3) is 0 Å². The van der Waals surface area contributed by atoms with Gasteiger partial charge in [-0.2, -0.15) is 0 Å². The van der Waals surface area contributed by atoms with Crippen LogP contribution >= 0.6 is 0 Å². The number of nitrogens with zero attached hydrogens (tertiary/aromatic N) is 1. The van der Waals surface area contributed by atoms with Crippen LogP contribution in [0.2, 0.25) is 0 Å². The van der Waals surface area contributed by atoms with Crippen LogP contribution in [0.1, 0.15) is 19.8 Å². The van der Waals surface area contributed by atoms with E-state index in [0.717, 1.165) is 19.5 Å². The van der Waals surface area contributed by atoms with Crippen LogP contribution in [0.5, 0.6) is 0 Å². The quantitative estimate of drug-likeness (QED) is 0.632. The molecule has 0 bridgehead atoms. The van der Waals surface area contributed by atoms with E-state index in [-0.39, 0.29) is 13.2 Å². The molecule has 1 fully saturated rings. The predicted octanol–water partition coefficient (Wildman–Crippen LogP) is 0.0715. The summed E-state index contributed by atoms with van der Waals surface area (Å²) in [5, 5.41) is 17.9. The molecule has 2 N–H and O–H groups in total. The molecule has 0 spiro atoms. The second-order valence-electron chi connectivity index (χ2n) is 3.76. The highest BCUT2D eigenvalue weighted by atomic mass is 16.3. The van der Waals surface area contributed by atoms with E-state index in [1.165, 1.54) is 6.42 Å². The van der Waals surface area contributed by atoms with Crippen LogP contribution < -0.4 is 0 Å². The molecule has 0 aromatic rings. The van der Waals surface area contributed by atoms with Crippen LogP contribution in [0.4, 0.5) is 0 Å².